The van der Waals surface area contributed by atoms with E-state index in [0.29, 0.717) is 6.04 Å². The summed E-state index contributed by atoms with van der Waals surface area (Å²) >= 11 is 6.23. The monoisotopic (exact) mass is 303 g/mol. The highest BCUT2D eigenvalue weighted by Crippen LogP contribution is 2.28. The lowest BCUT2D eigenvalue weighted by Gasteiger charge is -2.32. The summed E-state index contributed by atoms with van der Waals surface area (Å²) < 4.78 is 0. The SMILES string of the molecule is CN1CCCCC1CCNc1ccc(Cl)c2cccnc12. The van der Waals surface area contributed by atoms with Crippen LogP contribution in [0.2, 0.25) is 5.02 Å². The molecule has 0 amide bonds. The van der Waals surface area contributed by atoms with Gasteiger partial charge < -0.3 is 10.2 Å². The van der Waals surface area contributed by atoms with Gasteiger partial charge in [-0.05, 0) is 57.1 Å². The van der Waals surface area contributed by atoms with Crippen molar-refractivity contribution in [2.24, 2.45) is 0 Å². The summed E-state index contributed by atoms with van der Waals surface area (Å²) in [5.41, 5.74) is 2.04. The number of benzene rings is 1. The first-order valence-corrected chi connectivity index (χ1v) is 8.11. The molecule has 1 aromatic heterocycles. The summed E-state index contributed by atoms with van der Waals surface area (Å²) in [7, 11) is 2.24. The van der Waals surface area contributed by atoms with Gasteiger partial charge in [0.1, 0.15) is 0 Å². The molecule has 0 saturated carbocycles. The standard InChI is InChI=1S/C17H22ClN3/c1-21-12-3-2-5-13(21)9-11-19-16-8-7-15(18)14-6-4-10-20-17(14)16/h4,6-8,10,13,19H,2-3,5,9,11-12H2,1H3. The molecule has 1 fully saturated rings. The van der Waals surface area contributed by atoms with Crippen LogP contribution in [0.25, 0.3) is 10.9 Å². The van der Waals surface area contributed by atoms with Gasteiger partial charge in [0, 0.05) is 24.2 Å². The Morgan fingerprint density at radius 2 is 2.24 bits per heavy atom. The van der Waals surface area contributed by atoms with Gasteiger partial charge in [0.05, 0.1) is 16.2 Å². The number of anilines is 1. The molecule has 112 valence electrons. The van der Waals surface area contributed by atoms with Crippen LogP contribution < -0.4 is 5.32 Å². The number of piperidine rings is 1. The second kappa shape index (κ2) is 6.63. The van der Waals surface area contributed by atoms with Crippen LogP contribution in [-0.2, 0) is 0 Å². The first kappa shape index (κ1) is 14.6. The third-order valence-corrected chi connectivity index (χ3v) is 4.76. The van der Waals surface area contributed by atoms with Crippen molar-refractivity contribution in [3.05, 3.63) is 35.5 Å². The van der Waals surface area contributed by atoms with Gasteiger partial charge in [0.2, 0.25) is 0 Å². The molecular weight excluding hydrogens is 282 g/mol. The Labute approximate surface area is 131 Å². The summed E-state index contributed by atoms with van der Waals surface area (Å²) in [5, 5.41) is 5.31. The summed E-state index contributed by atoms with van der Waals surface area (Å²) in [6.07, 6.45) is 7.01. The number of fused-ring (bicyclic) bond motifs is 1. The third-order valence-electron chi connectivity index (χ3n) is 4.43. The highest BCUT2D eigenvalue weighted by Gasteiger charge is 2.18. The first-order chi connectivity index (χ1) is 10.3. The maximum Gasteiger partial charge on any atom is 0.0948 e. The highest BCUT2D eigenvalue weighted by molar-refractivity contribution is 6.35. The van der Waals surface area contributed by atoms with E-state index in [1.807, 2.05) is 30.5 Å². The molecule has 1 N–H and O–H groups in total. The van der Waals surface area contributed by atoms with Crippen LogP contribution >= 0.6 is 11.6 Å². The number of hydrogen-bond donors (Lipinski definition) is 1. The predicted molar refractivity (Wildman–Crippen MR) is 90.1 cm³/mol. The lowest BCUT2D eigenvalue weighted by molar-refractivity contribution is 0.179. The molecule has 21 heavy (non-hydrogen) atoms. The van der Waals surface area contributed by atoms with Gasteiger partial charge in [-0.25, -0.2) is 0 Å². The fourth-order valence-electron chi connectivity index (χ4n) is 3.16. The van der Waals surface area contributed by atoms with Crippen LogP contribution in [-0.4, -0.2) is 36.1 Å². The van der Waals surface area contributed by atoms with Crippen LogP contribution in [0.5, 0.6) is 0 Å². The molecular formula is C17H22ClN3. The predicted octanol–water partition coefficient (Wildman–Crippen LogP) is 4.17. The van der Waals surface area contributed by atoms with Crippen molar-refractivity contribution in [3.8, 4) is 0 Å². The number of hydrogen-bond acceptors (Lipinski definition) is 3. The van der Waals surface area contributed by atoms with Gasteiger partial charge in [-0.15, -0.1) is 0 Å². The van der Waals surface area contributed by atoms with Gasteiger partial charge >= 0.3 is 0 Å². The highest BCUT2D eigenvalue weighted by atomic mass is 35.5. The topological polar surface area (TPSA) is 28.2 Å². The van der Waals surface area contributed by atoms with E-state index in [9.17, 15) is 0 Å². The summed E-state index contributed by atoms with van der Waals surface area (Å²) in [5.74, 6) is 0. The normalized spacial score (nSPS) is 19.8. The summed E-state index contributed by atoms with van der Waals surface area (Å²) in [6.45, 7) is 2.21. The molecule has 2 heterocycles. The van der Waals surface area contributed by atoms with Crippen molar-refractivity contribution in [3.63, 3.8) is 0 Å². The fraction of sp³-hybridized carbons (Fsp3) is 0.471. The number of halogens is 1. The number of nitrogens with zero attached hydrogens (tertiary/aromatic N) is 2. The number of rotatable bonds is 4. The number of nitrogens with one attached hydrogen (secondary N) is 1. The Morgan fingerprint density at radius 3 is 3.10 bits per heavy atom. The van der Waals surface area contributed by atoms with Crippen molar-refractivity contribution in [2.75, 3.05) is 25.5 Å². The Hall–Kier alpha value is -1.32. The van der Waals surface area contributed by atoms with E-state index >= 15 is 0 Å². The lowest BCUT2D eigenvalue weighted by Crippen LogP contribution is -2.37. The van der Waals surface area contributed by atoms with Gasteiger partial charge in [0.15, 0.2) is 0 Å². The fourth-order valence-corrected chi connectivity index (χ4v) is 3.38. The van der Waals surface area contributed by atoms with Gasteiger partial charge in [0.25, 0.3) is 0 Å². The van der Waals surface area contributed by atoms with Crippen LogP contribution in [0, 0.1) is 0 Å². The first-order valence-electron chi connectivity index (χ1n) is 7.73. The zero-order valence-electron chi connectivity index (χ0n) is 12.5. The molecule has 1 aliphatic rings. The smallest absolute Gasteiger partial charge is 0.0948 e. The van der Waals surface area contributed by atoms with Crippen molar-refractivity contribution >= 4 is 28.2 Å². The van der Waals surface area contributed by atoms with E-state index in [4.69, 9.17) is 11.6 Å². The second-order valence-corrected chi connectivity index (χ2v) is 6.25. The molecule has 1 unspecified atom stereocenters. The van der Waals surface area contributed by atoms with Gasteiger partial charge in [-0.1, -0.05) is 18.0 Å². The average Bonchev–Trinajstić information content (AvgIpc) is 2.52. The number of likely N-dealkylation sites (tertiary alicyclic amines) is 1. The van der Waals surface area contributed by atoms with Crippen molar-refractivity contribution < 1.29 is 0 Å². The van der Waals surface area contributed by atoms with E-state index in [0.717, 1.165) is 28.2 Å². The van der Waals surface area contributed by atoms with Crippen LogP contribution in [0.3, 0.4) is 0 Å². The van der Waals surface area contributed by atoms with Crippen LogP contribution in [0.15, 0.2) is 30.5 Å². The molecule has 3 rings (SSSR count). The average molecular weight is 304 g/mol. The van der Waals surface area contributed by atoms with Crippen LogP contribution in [0.1, 0.15) is 25.7 Å². The summed E-state index contributed by atoms with van der Waals surface area (Å²) in [4.78, 5) is 6.95. The molecule has 1 saturated heterocycles. The van der Waals surface area contributed by atoms with E-state index in [2.05, 4.69) is 22.2 Å². The number of pyridine rings is 1. The lowest BCUT2D eigenvalue weighted by atomic mass is 10.00. The van der Waals surface area contributed by atoms with Gasteiger partial charge in [-0.3, -0.25) is 4.98 Å². The molecule has 1 aliphatic heterocycles. The molecule has 1 aromatic carbocycles. The van der Waals surface area contributed by atoms with E-state index in [1.54, 1.807) is 0 Å². The van der Waals surface area contributed by atoms with Gasteiger partial charge in [-0.2, -0.15) is 0 Å². The van der Waals surface area contributed by atoms with Crippen molar-refractivity contribution in [1.82, 2.24) is 9.88 Å². The zero-order valence-corrected chi connectivity index (χ0v) is 13.2. The van der Waals surface area contributed by atoms with Crippen molar-refractivity contribution in [2.45, 2.75) is 31.7 Å². The Kier molecular flexibility index (Phi) is 4.61. The Balaban J connectivity index is 1.67. The maximum absolute atomic E-state index is 6.23. The Morgan fingerprint density at radius 1 is 1.33 bits per heavy atom. The molecule has 1 atom stereocenters. The second-order valence-electron chi connectivity index (χ2n) is 5.84. The molecule has 3 nitrogen and oxygen atoms in total. The van der Waals surface area contributed by atoms with E-state index < -0.39 is 0 Å². The quantitative estimate of drug-likeness (QED) is 0.918. The largest absolute Gasteiger partial charge is 0.383 e. The van der Waals surface area contributed by atoms with E-state index in [1.165, 1.54) is 32.2 Å². The number of aromatic nitrogens is 1. The minimum atomic E-state index is 0.706. The molecule has 0 radical (unpaired) electrons. The molecule has 0 aliphatic carbocycles. The van der Waals surface area contributed by atoms with E-state index in [-0.39, 0.29) is 0 Å². The minimum Gasteiger partial charge on any atom is -0.383 e. The molecule has 2 aromatic rings. The van der Waals surface area contributed by atoms with Crippen molar-refractivity contribution in [1.29, 1.82) is 0 Å². The summed E-state index contributed by atoms with van der Waals surface area (Å²) in [6, 6.07) is 8.63. The Bertz CT molecular complexity index is 614. The molecule has 0 spiro atoms. The third kappa shape index (κ3) is 3.30. The minimum absolute atomic E-state index is 0.706. The van der Waals surface area contributed by atoms with Crippen LogP contribution in [0.4, 0.5) is 5.69 Å². The maximum atomic E-state index is 6.23. The molecule has 0 bridgehead atoms. The molecule has 4 heteroatoms. The zero-order chi connectivity index (χ0) is 14.7.